The molecule has 0 amide bonds. The fourth-order valence-electron chi connectivity index (χ4n) is 1.07. The summed E-state index contributed by atoms with van der Waals surface area (Å²) >= 11 is 15.4. The van der Waals surface area contributed by atoms with Crippen LogP contribution < -0.4 is 0 Å². The first-order valence-electron chi connectivity index (χ1n) is 4.21. The van der Waals surface area contributed by atoms with Crippen molar-refractivity contribution in [2.24, 2.45) is 0 Å². The van der Waals surface area contributed by atoms with Crippen molar-refractivity contribution in [3.05, 3.63) is 33.3 Å². The molecule has 0 radical (unpaired) electrons. The Morgan fingerprint density at radius 3 is 2.69 bits per heavy atom. The molecule has 0 N–H and O–H groups in total. The second-order valence-corrected chi connectivity index (χ2v) is 4.89. The van der Waals surface area contributed by atoms with Crippen LogP contribution in [0.15, 0.2) is 22.7 Å². The first-order valence-corrected chi connectivity index (χ1v) is 5.82. The lowest BCUT2D eigenvalue weighted by molar-refractivity contribution is 0.805. The number of hydrogen-bond acceptors (Lipinski definition) is 0. The van der Waals surface area contributed by atoms with E-state index in [0.717, 1.165) is 27.9 Å². The van der Waals surface area contributed by atoms with Gasteiger partial charge in [0.15, 0.2) is 0 Å². The Balaban J connectivity index is 2.77. The minimum Gasteiger partial charge on any atom is -0.123 e. The molecular formula is C10H11BrCl2. The molecule has 1 atom stereocenters. The molecule has 0 saturated heterocycles. The Morgan fingerprint density at radius 2 is 2.15 bits per heavy atom. The molecule has 1 rings (SSSR count). The van der Waals surface area contributed by atoms with E-state index >= 15 is 0 Å². The largest absolute Gasteiger partial charge is 0.123 e. The minimum atomic E-state index is 0.179. The highest BCUT2D eigenvalue weighted by molar-refractivity contribution is 9.10. The Kier molecular flexibility index (Phi) is 4.57. The Hall–Kier alpha value is 0.280. The summed E-state index contributed by atoms with van der Waals surface area (Å²) < 4.78 is 1.00. The van der Waals surface area contributed by atoms with Crippen molar-refractivity contribution in [3.63, 3.8) is 0 Å². The molecule has 0 saturated carbocycles. The van der Waals surface area contributed by atoms with Crippen LogP contribution in [0.3, 0.4) is 0 Å². The lowest BCUT2D eigenvalue weighted by Gasteiger charge is -2.08. The molecule has 0 aromatic heterocycles. The van der Waals surface area contributed by atoms with E-state index in [4.69, 9.17) is 23.2 Å². The first kappa shape index (κ1) is 11.4. The zero-order chi connectivity index (χ0) is 9.84. The van der Waals surface area contributed by atoms with Gasteiger partial charge in [-0.05, 0) is 30.5 Å². The van der Waals surface area contributed by atoms with E-state index in [0.29, 0.717) is 0 Å². The van der Waals surface area contributed by atoms with E-state index in [2.05, 4.69) is 22.9 Å². The van der Waals surface area contributed by atoms with Gasteiger partial charge in [0.1, 0.15) is 0 Å². The van der Waals surface area contributed by atoms with Crippen LogP contribution in [0, 0.1) is 0 Å². The van der Waals surface area contributed by atoms with Crippen molar-refractivity contribution in [2.45, 2.75) is 25.1 Å². The van der Waals surface area contributed by atoms with Gasteiger partial charge in [-0.15, -0.1) is 11.6 Å². The predicted octanol–water partition coefficient (Wildman–Crippen LogP) is 4.66. The molecule has 0 heterocycles. The summed E-state index contributed by atoms with van der Waals surface area (Å²) in [6, 6.07) is 5.90. The summed E-state index contributed by atoms with van der Waals surface area (Å²) in [6.45, 7) is 2.07. The summed E-state index contributed by atoms with van der Waals surface area (Å²) in [5, 5.41) is 0.965. The van der Waals surface area contributed by atoms with Crippen molar-refractivity contribution >= 4 is 39.1 Å². The zero-order valence-electron chi connectivity index (χ0n) is 7.36. The van der Waals surface area contributed by atoms with Gasteiger partial charge in [-0.25, -0.2) is 0 Å². The second-order valence-electron chi connectivity index (χ2n) is 2.95. The third-order valence-electron chi connectivity index (χ3n) is 1.90. The van der Waals surface area contributed by atoms with Crippen LogP contribution in [0.5, 0.6) is 0 Å². The molecule has 72 valence electrons. The van der Waals surface area contributed by atoms with E-state index in [-0.39, 0.29) is 5.38 Å². The normalized spacial score (nSPS) is 12.9. The molecule has 1 aromatic carbocycles. The third-order valence-corrected chi connectivity index (χ3v) is 3.21. The molecule has 0 fully saturated rings. The molecule has 1 unspecified atom stereocenters. The van der Waals surface area contributed by atoms with E-state index in [1.165, 1.54) is 0 Å². The lowest BCUT2D eigenvalue weighted by Crippen LogP contribution is -2.01. The standard InChI is InChI=1S/C10H11BrCl2/c1-2-9(12)5-7-3-4-8(11)6-10(7)13/h3-4,6,9H,2,5H2,1H3. The van der Waals surface area contributed by atoms with Crippen LogP contribution >= 0.6 is 39.1 Å². The van der Waals surface area contributed by atoms with E-state index in [1.54, 1.807) is 0 Å². The van der Waals surface area contributed by atoms with Crippen molar-refractivity contribution in [1.29, 1.82) is 0 Å². The highest BCUT2D eigenvalue weighted by Gasteiger charge is 2.06. The molecule has 1 aromatic rings. The second kappa shape index (κ2) is 5.23. The molecule has 13 heavy (non-hydrogen) atoms. The fourth-order valence-corrected chi connectivity index (χ4v) is 1.99. The topological polar surface area (TPSA) is 0 Å². The van der Waals surface area contributed by atoms with Gasteiger partial charge < -0.3 is 0 Å². The smallest absolute Gasteiger partial charge is 0.0449 e. The van der Waals surface area contributed by atoms with E-state index < -0.39 is 0 Å². The van der Waals surface area contributed by atoms with Crippen molar-refractivity contribution in [3.8, 4) is 0 Å². The van der Waals surface area contributed by atoms with Crippen LogP contribution in [0.1, 0.15) is 18.9 Å². The highest BCUT2D eigenvalue weighted by atomic mass is 79.9. The van der Waals surface area contributed by atoms with Gasteiger partial charge in [-0.2, -0.15) is 0 Å². The summed E-state index contributed by atoms with van der Waals surface area (Å²) in [6.07, 6.45) is 1.80. The fraction of sp³-hybridized carbons (Fsp3) is 0.400. The number of hydrogen-bond donors (Lipinski definition) is 0. The Bertz CT molecular complexity index is 286. The van der Waals surface area contributed by atoms with Crippen molar-refractivity contribution in [2.75, 3.05) is 0 Å². The van der Waals surface area contributed by atoms with Gasteiger partial charge in [-0.3, -0.25) is 0 Å². The van der Waals surface area contributed by atoms with Crippen LogP contribution in [0.25, 0.3) is 0 Å². The summed E-state index contributed by atoms with van der Waals surface area (Å²) in [7, 11) is 0. The van der Waals surface area contributed by atoms with Crippen LogP contribution in [0.4, 0.5) is 0 Å². The molecule has 0 nitrogen and oxygen atoms in total. The Morgan fingerprint density at radius 1 is 1.46 bits per heavy atom. The SMILES string of the molecule is CCC(Cl)Cc1ccc(Br)cc1Cl. The van der Waals surface area contributed by atoms with Gasteiger partial charge in [-0.1, -0.05) is 40.5 Å². The van der Waals surface area contributed by atoms with Gasteiger partial charge >= 0.3 is 0 Å². The molecule has 0 aliphatic rings. The number of benzene rings is 1. The van der Waals surface area contributed by atoms with Crippen LogP contribution in [0.2, 0.25) is 5.02 Å². The first-order chi connectivity index (χ1) is 6.13. The van der Waals surface area contributed by atoms with Crippen LogP contribution in [-0.4, -0.2) is 5.38 Å². The minimum absolute atomic E-state index is 0.179. The molecule has 0 aliphatic carbocycles. The molecule has 3 heteroatoms. The lowest BCUT2D eigenvalue weighted by atomic mass is 10.1. The third kappa shape index (κ3) is 3.49. The molecule has 0 bridgehead atoms. The maximum Gasteiger partial charge on any atom is 0.0449 e. The van der Waals surface area contributed by atoms with Gasteiger partial charge in [0.25, 0.3) is 0 Å². The van der Waals surface area contributed by atoms with Crippen LogP contribution in [-0.2, 0) is 6.42 Å². The Labute approximate surface area is 97.4 Å². The average molecular weight is 282 g/mol. The molecular weight excluding hydrogens is 271 g/mol. The van der Waals surface area contributed by atoms with Gasteiger partial charge in [0.2, 0.25) is 0 Å². The zero-order valence-corrected chi connectivity index (χ0v) is 10.5. The van der Waals surface area contributed by atoms with E-state index in [1.807, 2.05) is 18.2 Å². The van der Waals surface area contributed by atoms with Gasteiger partial charge in [0.05, 0.1) is 0 Å². The van der Waals surface area contributed by atoms with E-state index in [9.17, 15) is 0 Å². The summed E-state index contributed by atoms with van der Waals surface area (Å²) in [5.74, 6) is 0. The quantitative estimate of drug-likeness (QED) is 0.707. The summed E-state index contributed by atoms with van der Waals surface area (Å²) in [5.41, 5.74) is 1.12. The predicted molar refractivity (Wildman–Crippen MR) is 62.8 cm³/mol. The number of rotatable bonds is 3. The summed E-state index contributed by atoms with van der Waals surface area (Å²) in [4.78, 5) is 0. The van der Waals surface area contributed by atoms with Gasteiger partial charge in [0, 0.05) is 14.9 Å². The maximum atomic E-state index is 6.04. The number of halogens is 3. The van der Waals surface area contributed by atoms with Crippen molar-refractivity contribution in [1.82, 2.24) is 0 Å². The number of alkyl halides is 1. The maximum absolute atomic E-state index is 6.04. The molecule has 0 aliphatic heterocycles. The average Bonchev–Trinajstić information content (AvgIpc) is 2.09. The monoisotopic (exact) mass is 280 g/mol. The van der Waals surface area contributed by atoms with Crippen molar-refractivity contribution < 1.29 is 0 Å². The highest BCUT2D eigenvalue weighted by Crippen LogP contribution is 2.23. The molecule has 0 spiro atoms.